The molecule has 0 atom stereocenters. The van der Waals surface area contributed by atoms with Crippen LogP contribution in [0.1, 0.15) is 23.2 Å². The molecule has 12 heteroatoms. The fourth-order valence-corrected chi connectivity index (χ4v) is 3.98. The zero-order valence-corrected chi connectivity index (χ0v) is 13.7. The Morgan fingerprint density at radius 2 is 1.57 bits per heavy atom. The van der Waals surface area contributed by atoms with Crippen molar-refractivity contribution < 1.29 is 38.6 Å². The molecule has 23 heavy (non-hydrogen) atoms. The maximum absolute atomic E-state index is 11.8. The number of nitrogen functional groups attached to an aromatic ring is 1. The number of amides is 1. The molecule has 0 aliphatic heterocycles. The van der Waals surface area contributed by atoms with E-state index >= 15 is 0 Å². The molecule has 0 saturated heterocycles. The van der Waals surface area contributed by atoms with Crippen LogP contribution in [0.5, 0.6) is 0 Å². The van der Waals surface area contributed by atoms with Crippen molar-refractivity contribution in [3.8, 4) is 0 Å². The lowest BCUT2D eigenvalue weighted by molar-refractivity contribution is 0.0946. The van der Waals surface area contributed by atoms with Crippen LogP contribution in [-0.4, -0.2) is 42.2 Å². The summed E-state index contributed by atoms with van der Waals surface area (Å²) in [5.74, 6) is -0.499. The Hall–Kier alpha value is -1.25. The number of nitrogens with one attached hydrogen (secondary N) is 1. The second kappa shape index (κ2) is 7.11. The molecule has 0 aliphatic carbocycles. The summed E-state index contributed by atoms with van der Waals surface area (Å²) >= 11 is 0. The first-order valence-corrected chi connectivity index (χ1v) is 9.58. The van der Waals surface area contributed by atoms with Crippen molar-refractivity contribution >= 4 is 26.8 Å². The van der Waals surface area contributed by atoms with Gasteiger partial charge in [-0.3, -0.25) is 13.9 Å². The third-order valence-corrected chi connectivity index (χ3v) is 6.96. The largest absolute Gasteiger partial charge is 0.399 e. The highest BCUT2D eigenvalue weighted by Gasteiger charge is 2.58. The third kappa shape index (κ3) is 4.86. The van der Waals surface area contributed by atoms with Crippen molar-refractivity contribution in [1.29, 1.82) is 0 Å². The fraction of sp³-hybridized carbons (Fsp3) is 0.364. The zero-order valence-electron chi connectivity index (χ0n) is 11.9. The average Bonchev–Trinajstić information content (AvgIpc) is 2.41. The molecule has 1 aromatic rings. The topological polar surface area (TPSA) is 190 Å². The van der Waals surface area contributed by atoms with Gasteiger partial charge in [0.2, 0.25) is 0 Å². The van der Waals surface area contributed by atoms with Gasteiger partial charge in [-0.15, -0.1) is 0 Å². The monoisotopic (exact) mass is 368 g/mol. The Morgan fingerprint density at radius 1 is 1.09 bits per heavy atom. The molecule has 1 rings (SSSR count). The van der Waals surface area contributed by atoms with E-state index < -0.39 is 32.6 Å². The highest BCUT2D eigenvalue weighted by Crippen LogP contribution is 2.69. The second-order valence-electron chi connectivity index (χ2n) is 4.84. The van der Waals surface area contributed by atoms with Gasteiger partial charge < -0.3 is 35.7 Å². The van der Waals surface area contributed by atoms with Gasteiger partial charge in [0.1, 0.15) is 0 Å². The second-order valence-corrected chi connectivity index (χ2v) is 8.85. The normalized spacial score (nSPS) is 12.9. The maximum atomic E-state index is 11.8. The van der Waals surface area contributed by atoms with Gasteiger partial charge in [0.15, 0.2) is 0 Å². The minimum absolute atomic E-state index is 0.147. The van der Waals surface area contributed by atoms with Gasteiger partial charge >= 0.3 is 15.2 Å². The molecule has 0 aliphatic rings. The molecule has 0 fully saturated rings. The van der Waals surface area contributed by atoms with Gasteiger partial charge in [0.25, 0.3) is 11.0 Å². The van der Waals surface area contributed by atoms with Crippen LogP contribution in [0.2, 0.25) is 0 Å². The molecule has 10 nitrogen and oxygen atoms in total. The molecule has 0 heterocycles. The van der Waals surface area contributed by atoms with E-state index in [0.29, 0.717) is 11.3 Å². The number of hydrogen-bond donors (Lipinski definition) is 7. The van der Waals surface area contributed by atoms with Crippen molar-refractivity contribution in [3.05, 3.63) is 29.8 Å². The van der Waals surface area contributed by atoms with E-state index in [1.54, 1.807) is 0 Å². The quantitative estimate of drug-likeness (QED) is 0.194. The average molecular weight is 368 g/mol. The molecular formula is C11H18N2O8P2. The van der Waals surface area contributed by atoms with Crippen molar-refractivity contribution in [2.24, 2.45) is 0 Å². The summed E-state index contributed by atoms with van der Waals surface area (Å²) in [5.41, 5.74) is 6.23. The fourth-order valence-electron chi connectivity index (χ4n) is 1.73. The highest BCUT2D eigenvalue weighted by molar-refractivity contribution is 7.72. The summed E-state index contributed by atoms with van der Waals surface area (Å²) in [7, 11) is -10.9. The number of hydrogen-bond acceptors (Lipinski definition) is 5. The van der Waals surface area contributed by atoms with Crippen LogP contribution >= 0.6 is 15.2 Å². The molecule has 8 N–H and O–H groups in total. The first-order valence-electron chi connectivity index (χ1n) is 6.36. The smallest absolute Gasteiger partial charge is 0.369 e. The van der Waals surface area contributed by atoms with Crippen LogP contribution in [0.3, 0.4) is 0 Å². The van der Waals surface area contributed by atoms with E-state index in [9.17, 15) is 19.0 Å². The number of carbonyl (C=O) groups excluding carboxylic acids is 1. The Kier molecular flexibility index (Phi) is 6.12. The predicted molar refractivity (Wildman–Crippen MR) is 81.5 cm³/mol. The lowest BCUT2D eigenvalue weighted by Crippen LogP contribution is -2.31. The first kappa shape index (κ1) is 19.8. The van der Waals surface area contributed by atoms with E-state index in [-0.39, 0.29) is 13.0 Å². The summed E-state index contributed by atoms with van der Waals surface area (Å²) in [6.07, 6.45) is -1.14. The van der Waals surface area contributed by atoms with Gasteiger partial charge in [0.05, 0.1) is 0 Å². The molecular weight excluding hydrogens is 350 g/mol. The molecule has 0 unspecified atom stereocenters. The number of nitrogens with two attached hydrogens (primary N) is 1. The van der Waals surface area contributed by atoms with Crippen molar-refractivity contribution in [2.45, 2.75) is 17.9 Å². The summed E-state index contributed by atoms with van der Waals surface area (Å²) in [6, 6.07) is 5.95. The minimum atomic E-state index is -5.47. The van der Waals surface area contributed by atoms with E-state index in [0.717, 1.165) is 0 Å². The lowest BCUT2D eigenvalue weighted by Gasteiger charge is -2.29. The maximum Gasteiger partial charge on any atom is 0.369 e. The summed E-state index contributed by atoms with van der Waals surface area (Å²) in [5, 5.41) is 8.58. The van der Waals surface area contributed by atoms with Crippen molar-refractivity contribution in [3.63, 3.8) is 0 Å². The van der Waals surface area contributed by atoms with Crippen LogP contribution in [-0.2, 0) is 9.13 Å². The zero-order chi connectivity index (χ0) is 17.9. The molecule has 1 amide bonds. The number of anilines is 1. The standard InChI is InChI=1S/C11H18N2O8P2/c12-9-4-2-8(3-5-9)10(14)13-7-1-6-11(15,22(16,17)18)23(19,20)21/h2-5,15H,1,6-7,12H2,(H,13,14)(H2,16,17,18)(H2,19,20,21). The predicted octanol–water partition coefficient (Wildman–Crippen LogP) is -0.220. The Bertz CT molecular complexity index is 628. The first-order chi connectivity index (χ1) is 10.4. The van der Waals surface area contributed by atoms with Crippen molar-refractivity contribution in [1.82, 2.24) is 5.32 Å². The molecule has 0 bridgehead atoms. The van der Waals surface area contributed by atoms with Crippen LogP contribution < -0.4 is 11.1 Å². The molecule has 0 saturated carbocycles. The van der Waals surface area contributed by atoms with Gasteiger partial charge in [-0.25, -0.2) is 0 Å². The number of carbonyl (C=O) groups is 1. The van der Waals surface area contributed by atoms with Crippen molar-refractivity contribution in [2.75, 3.05) is 12.3 Å². The Labute approximate surface area is 131 Å². The van der Waals surface area contributed by atoms with Crippen LogP contribution in [0.4, 0.5) is 5.69 Å². The third-order valence-electron chi connectivity index (χ3n) is 3.08. The van der Waals surface area contributed by atoms with Crippen LogP contribution in [0.25, 0.3) is 0 Å². The van der Waals surface area contributed by atoms with Gasteiger partial charge in [0, 0.05) is 24.2 Å². The minimum Gasteiger partial charge on any atom is -0.399 e. The van der Waals surface area contributed by atoms with Gasteiger partial charge in [-0.05, 0) is 30.7 Å². The highest BCUT2D eigenvalue weighted by atomic mass is 31.2. The van der Waals surface area contributed by atoms with Gasteiger partial charge in [-0.2, -0.15) is 0 Å². The number of aliphatic hydroxyl groups is 1. The molecule has 1 aromatic carbocycles. The molecule has 0 aromatic heterocycles. The van der Waals surface area contributed by atoms with Crippen LogP contribution in [0.15, 0.2) is 24.3 Å². The Morgan fingerprint density at radius 3 is 2.00 bits per heavy atom. The number of rotatable bonds is 7. The molecule has 0 radical (unpaired) electrons. The molecule has 0 spiro atoms. The van der Waals surface area contributed by atoms with E-state index in [1.165, 1.54) is 24.3 Å². The van der Waals surface area contributed by atoms with Gasteiger partial charge in [-0.1, -0.05) is 0 Å². The SMILES string of the molecule is Nc1ccc(C(=O)NCCCC(O)(P(=O)(O)O)P(=O)(O)O)cc1. The summed E-state index contributed by atoms with van der Waals surface area (Å²) < 4.78 is 22.3. The molecule has 130 valence electrons. The van der Waals surface area contributed by atoms with Crippen LogP contribution in [0, 0.1) is 0 Å². The van der Waals surface area contributed by atoms with E-state index in [1.807, 2.05) is 0 Å². The Balaban J connectivity index is 2.62. The van der Waals surface area contributed by atoms with E-state index in [2.05, 4.69) is 5.32 Å². The lowest BCUT2D eigenvalue weighted by atomic mass is 10.2. The number of benzene rings is 1. The summed E-state index contributed by atoms with van der Waals surface area (Å²) in [6.45, 7) is -0.147. The van der Waals surface area contributed by atoms with E-state index in [4.69, 9.17) is 25.3 Å². The summed E-state index contributed by atoms with van der Waals surface area (Å²) in [4.78, 5) is 47.6.